The van der Waals surface area contributed by atoms with Crippen LogP contribution in [-0.2, 0) is 5.54 Å². The van der Waals surface area contributed by atoms with Gasteiger partial charge in [0.25, 0.3) is 5.91 Å². The van der Waals surface area contributed by atoms with Crippen molar-refractivity contribution in [1.29, 1.82) is 0 Å². The molecular formula is C26H28N4O. The van der Waals surface area contributed by atoms with Crippen LogP contribution in [0, 0.1) is 6.92 Å². The molecule has 2 aliphatic heterocycles. The molecule has 0 spiro atoms. The SMILES string of the molecule is Cc1ccc(N2CC(N3CCC3)C2)cc1C(=O)NC1(c2ccnc3ccccc23)CC1. The summed E-state index contributed by atoms with van der Waals surface area (Å²) in [7, 11) is 0. The molecule has 3 aliphatic rings. The molecule has 3 heterocycles. The molecule has 0 atom stereocenters. The summed E-state index contributed by atoms with van der Waals surface area (Å²) in [6, 6.07) is 17.3. The van der Waals surface area contributed by atoms with Crippen LogP contribution in [0.2, 0.25) is 0 Å². The predicted molar refractivity (Wildman–Crippen MR) is 123 cm³/mol. The van der Waals surface area contributed by atoms with Crippen LogP contribution in [0.25, 0.3) is 10.9 Å². The average molecular weight is 413 g/mol. The molecular weight excluding hydrogens is 384 g/mol. The summed E-state index contributed by atoms with van der Waals surface area (Å²) in [5, 5.41) is 4.52. The molecule has 3 fully saturated rings. The Morgan fingerprint density at radius 1 is 1.10 bits per heavy atom. The molecule has 5 nitrogen and oxygen atoms in total. The second-order valence-electron chi connectivity index (χ2n) is 9.36. The second kappa shape index (κ2) is 7.06. The summed E-state index contributed by atoms with van der Waals surface area (Å²) in [5.41, 5.74) is 4.85. The number of aryl methyl sites for hydroxylation is 1. The summed E-state index contributed by atoms with van der Waals surface area (Å²) in [6.45, 7) is 6.64. The van der Waals surface area contributed by atoms with Gasteiger partial charge in [-0.25, -0.2) is 0 Å². The molecule has 3 aromatic rings. The molecule has 0 bridgehead atoms. The molecule has 2 saturated heterocycles. The number of hydrogen-bond donors (Lipinski definition) is 1. The first-order chi connectivity index (χ1) is 15.1. The Balaban J connectivity index is 1.23. The van der Waals surface area contributed by atoms with Gasteiger partial charge in [-0.15, -0.1) is 0 Å². The zero-order valence-corrected chi connectivity index (χ0v) is 18.0. The van der Waals surface area contributed by atoms with Crippen molar-refractivity contribution in [3.63, 3.8) is 0 Å². The second-order valence-corrected chi connectivity index (χ2v) is 9.36. The van der Waals surface area contributed by atoms with Crippen LogP contribution >= 0.6 is 0 Å². The number of anilines is 1. The molecule has 2 aromatic carbocycles. The normalized spacial score (nSPS) is 20.2. The number of fused-ring (bicyclic) bond motifs is 1. The highest BCUT2D eigenvalue weighted by Gasteiger charge is 2.47. The maximum Gasteiger partial charge on any atom is 0.252 e. The first-order valence-electron chi connectivity index (χ1n) is 11.4. The Labute approximate surface area is 183 Å². The van der Waals surface area contributed by atoms with Crippen LogP contribution in [0.15, 0.2) is 54.7 Å². The number of para-hydroxylation sites is 1. The van der Waals surface area contributed by atoms with Crippen molar-refractivity contribution in [2.24, 2.45) is 0 Å². The van der Waals surface area contributed by atoms with Crippen LogP contribution in [0.1, 0.15) is 40.7 Å². The Bertz CT molecular complexity index is 1150. The smallest absolute Gasteiger partial charge is 0.252 e. The first-order valence-corrected chi connectivity index (χ1v) is 11.4. The fourth-order valence-electron chi connectivity index (χ4n) is 5.04. The van der Waals surface area contributed by atoms with Crippen molar-refractivity contribution in [1.82, 2.24) is 15.2 Å². The molecule has 0 unspecified atom stereocenters. The highest BCUT2D eigenvalue weighted by atomic mass is 16.1. The zero-order valence-electron chi connectivity index (χ0n) is 18.0. The number of carbonyl (C=O) groups excluding carboxylic acids is 1. The van der Waals surface area contributed by atoms with E-state index < -0.39 is 0 Å². The molecule has 6 rings (SSSR count). The Morgan fingerprint density at radius 2 is 1.90 bits per heavy atom. The van der Waals surface area contributed by atoms with E-state index in [1.807, 2.05) is 31.3 Å². The topological polar surface area (TPSA) is 48.5 Å². The van der Waals surface area contributed by atoms with Gasteiger partial charge >= 0.3 is 0 Å². The number of nitrogens with zero attached hydrogens (tertiary/aromatic N) is 3. The molecule has 0 radical (unpaired) electrons. The number of pyridine rings is 1. The number of nitrogens with one attached hydrogen (secondary N) is 1. The van der Waals surface area contributed by atoms with Crippen LogP contribution in [0.3, 0.4) is 0 Å². The summed E-state index contributed by atoms with van der Waals surface area (Å²) in [4.78, 5) is 22.8. The number of benzene rings is 2. The average Bonchev–Trinajstić information content (AvgIpc) is 3.49. The number of rotatable bonds is 5. The van der Waals surface area contributed by atoms with E-state index in [4.69, 9.17) is 0 Å². The lowest BCUT2D eigenvalue weighted by molar-refractivity contribution is 0.0930. The van der Waals surface area contributed by atoms with E-state index >= 15 is 0 Å². The lowest BCUT2D eigenvalue weighted by Gasteiger charge is -2.50. The quantitative estimate of drug-likeness (QED) is 0.691. The summed E-state index contributed by atoms with van der Waals surface area (Å²) in [5.74, 6) is 0.0255. The Morgan fingerprint density at radius 3 is 2.65 bits per heavy atom. The molecule has 31 heavy (non-hydrogen) atoms. The fourth-order valence-corrected chi connectivity index (χ4v) is 5.04. The zero-order chi connectivity index (χ0) is 21.0. The van der Waals surface area contributed by atoms with Crippen molar-refractivity contribution >= 4 is 22.5 Å². The molecule has 1 N–H and O–H groups in total. The van der Waals surface area contributed by atoms with Gasteiger partial charge < -0.3 is 10.2 Å². The van der Waals surface area contributed by atoms with Crippen molar-refractivity contribution in [2.45, 2.75) is 37.8 Å². The molecule has 1 aromatic heterocycles. The summed E-state index contributed by atoms with van der Waals surface area (Å²) >= 11 is 0. The van der Waals surface area contributed by atoms with E-state index in [0.29, 0.717) is 6.04 Å². The number of likely N-dealkylation sites (tertiary alicyclic amines) is 1. The molecule has 5 heteroatoms. The third-order valence-corrected chi connectivity index (χ3v) is 7.37. The van der Waals surface area contributed by atoms with E-state index in [1.54, 1.807) is 0 Å². The Kier molecular flexibility index (Phi) is 4.29. The third kappa shape index (κ3) is 3.19. The maximum absolute atomic E-state index is 13.4. The van der Waals surface area contributed by atoms with Gasteiger partial charge in [-0.3, -0.25) is 14.7 Å². The highest BCUT2D eigenvalue weighted by Crippen LogP contribution is 2.48. The minimum absolute atomic E-state index is 0.0255. The van der Waals surface area contributed by atoms with Crippen molar-refractivity contribution in [2.75, 3.05) is 31.1 Å². The largest absolute Gasteiger partial charge is 0.368 e. The fraction of sp³-hybridized carbons (Fsp3) is 0.385. The number of aromatic nitrogens is 1. The van der Waals surface area contributed by atoms with E-state index in [2.05, 4.69) is 50.4 Å². The van der Waals surface area contributed by atoms with Gasteiger partial charge in [0.05, 0.1) is 11.1 Å². The lowest BCUT2D eigenvalue weighted by Crippen LogP contribution is -2.62. The van der Waals surface area contributed by atoms with Crippen LogP contribution < -0.4 is 10.2 Å². The maximum atomic E-state index is 13.4. The summed E-state index contributed by atoms with van der Waals surface area (Å²) < 4.78 is 0. The van der Waals surface area contributed by atoms with Crippen molar-refractivity contribution in [3.8, 4) is 0 Å². The standard InChI is InChI=1S/C26H28N4O/c1-18-7-8-19(30-16-20(17-30)29-13-4-14-29)15-22(18)25(31)28-26(10-11-26)23-9-12-27-24-6-3-2-5-21(23)24/h2-3,5-9,12,15,20H,4,10-11,13-14,16-17H2,1H3,(H,28,31). The highest BCUT2D eigenvalue weighted by molar-refractivity contribution is 5.98. The Hall–Kier alpha value is -2.92. The van der Waals surface area contributed by atoms with Gasteiger partial charge in [-0.1, -0.05) is 24.3 Å². The van der Waals surface area contributed by atoms with Gasteiger partial charge in [0.15, 0.2) is 0 Å². The molecule has 158 valence electrons. The van der Waals surface area contributed by atoms with Gasteiger partial charge in [0, 0.05) is 42.0 Å². The van der Waals surface area contributed by atoms with Crippen molar-refractivity contribution < 1.29 is 4.79 Å². The van der Waals surface area contributed by atoms with Crippen LogP contribution in [0.4, 0.5) is 5.69 Å². The summed E-state index contributed by atoms with van der Waals surface area (Å²) in [6.07, 6.45) is 5.12. The van der Waals surface area contributed by atoms with Gasteiger partial charge in [0.2, 0.25) is 0 Å². The van der Waals surface area contributed by atoms with E-state index in [9.17, 15) is 4.79 Å². The predicted octanol–water partition coefficient (Wildman–Crippen LogP) is 3.86. The van der Waals surface area contributed by atoms with Gasteiger partial charge in [0.1, 0.15) is 0 Å². The number of carbonyl (C=O) groups is 1. The van der Waals surface area contributed by atoms with Crippen LogP contribution in [-0.4, -0.2) is 48.0 Å². The number of hydrogen-bond acceptors (Lipinski definition) is 4. The van der Waals surface area contributed by atoms with E-state index in [0.717, 1.165) is 53.6 Å². The number of amides is 1. The van der Waals surface area contributed by atoms with Crippen LogP contribution in [0.5, 0.6) is 0 Å². The third-order valence-electron chi connectivity index (χ3n) is 7.37. The lowest BCUT2D eigenvalue weighted by atomic mass is 9.98. The minimum Gasteiger partial charge on any atom is -0.368 e. The molecule has 1 saturated carbocycles. The first kappa shape index (κ1) is 18.8. The van der Waals surface area contributed by atoms with E-state index in [-0.39, 0.29) is 11.4 Å². The molecule has 1 aliphatic carbocycles. The molecule has 1 amide bonds. The minimum atomic E-state index is -0.276. The van der Waals surface area contributed by atoms with Crippen molar-refractivity contribution in [3.05, 3.63) is 71.4 Å². The van der Waals surface area contributed by atoms with Gasteiger partial charge in [-0.2, -0.15) is 0 Å². The van der Waals surface area contributed by atoms with E-state index in [1.165, 1.54) is 25.1 Å². The van der Waals surface area contributed by atoms with Gasteiger partial charge in [-0.05, 0) is 74.7 Å². The monoisotopic (exact) mass is 412 g/mol.